The first-order valence-corrected chi connectivity index (χ1v) is 13.9. The molecule has 1 aromatic carbocycles. The van der Waals surface area contributed by atoms with E-state index in [-0.39, 0.29) is 35.0 Å². The van der Waals surface area contributed by atoms with Crippen molar-refractivity contribution in [2.45, 2.75) is 103 Å². The number of hydrogen-bond donors (Lipinski definition) is 1. The lowest BCUT2D eigenvalue weighted by molar-refractivity contribution is -0.275. The van der Waals surface area contributed by atoms with Crippen molar-refractivity contribution < 1.29 is 28.8 Å². The molecule has 1 aromatic rings. The summed E-state index contributed by atoms with van der Waals surface area (Å²) >= 11 is 0. The molecular weight excluding hydrogens is 470 g/mol. The average molecular weight is 516 g/mol. The van der Waals surface area contributed by atoms with Gasteiger partial charge in [-0.05, 0) is 56.6 Å². The first-order chi connectivity index (χ1) is 17.3. The molecule has 1 amide bonds. The monoisotopic (exact) mass is 515 g/mol. The molecule has 0 aromatic heterocycles. The summed E-state index contributed by atoms with van der Waals surface area (Å²) in [7, 11) is 3.46. The second-order valence-electron chi connectivity index (χ2n) is 13.0. The van der Waals surface area contributed by atoms with Gasteiger partial charge in [0.15, 0.2) is 11.5 Å². The van der Waals surface area contributed by atoms with Crippen LogP contribution in [-0.4, -0.2) is 66.8 Å². The van der Waals surface area contributed by atoms with E-state index >= 15 is 0 Å². The lowest BCUT2D eigenvalue weighted by Gasteiger charge is -2.70. The van der Waals surface area contributed by atoms with E-state index in [9.17, 15) is 9.90 Å². The Labute approximate surface area is 221 Å². The number of benzene rings is 1. The Morgan fingerprint density at radius 2 is 1.92 bits per heavy atom. The van der Waals surface area contributed by atoms with Crippen molar-refractivity contribution in [3.63, 3.8) is 0 Å². The molecule has 1 saturated heterocycles. The third-order valence-electron chi connectivity index (χ3n) is 11.1. The molecule has 2 bridgehead atoms. The van der Waals surface area contributed by atoms with Gasteiger partial charge < -0.3 is 29.0 Å². The maximum absolute atomic E-state index is 13.3. The van der Waals surface area contributed by atoms with Crippen LogP contribution in [0.4, 0.5) is 4.79 Å². The van der Waals surface area contributed by atoms with Crippen molar-refractivity contribution in [2.24, 2.45) is 16.7 Å². The number of amides is 1. The highest BCUT2D eigenvalue weighted by Crippen LogP contribution is 2.73. The minimum Gasteiger partial charge on any atom is -0.493 e. The molecular formula is C30H45NO6. The molecule has 7 atom stereocenters. The predicted octanol–water partition coefficient (Wildman–Crippen LogP) is 5.10. The molecule has 7 heteroatoms. The van der Waals surface area contributed by atoms with Gasteiger partial charge in [-0.3, -0.25) is 0 Å². The van der Waals surface area contributed by atoms with Gasteiger partial charge in [0.1, 0.15) is 11.7 Å². The third-order valence-corrected chi connectivity index (χ3v) is 11.1. The predicted molar refractivity (Wildman–Crippen MR) is 141 cm³/mol. The highest BCUT2D eigenvalue weighted by atomic mass is 16.6. The number of ether oxygens (including phenoxy) is 4. The van der Waals surface area contributed by atoms with Crippen molar-refractivity contribution in [3.05, 3.63) is 23.3 Å². The number of carbonyl (C=O) groups is 1. The molecule has 206 valence electrons. The molecule has 5 rings (SSSR count). The maximum Gasteiger partial charge on any atom is 0.410 e. The van der Waals surface area contributed by atoms with E-state index in [1.54, 1.807) is 14.2 Å². The van der Waals surface area contributed by atoms with Gasteiger partial charge in [0.2, 0.25) is 0 Å². The van der Waals surface area contributed by atoms with Gasteiger partial charge in [-0.25, -0.2) is 4.79 Å². The number of piperidine rings is 1. The van der Waals surface area contributed by atoms with Crippen molar-refractivity contribution in [1.29, 1.82) is 0 Å². The van der Waals surface area contributed by atoms with Gasteiger partial charge in [0.05, 0.1) is 19.3 Å². The van der Waals surface area contributed by atoms with Crippen LogP contribution in [0.2, 0.25) is 0 Å². The van der Waals surface area contributed by atoms with Gasteiger partial charge in [0.25, 0.3) is 0 Å². The van der Waals surface area contributed by atoms with Gasteiger partial charge in [0, 0.05) is 42.0 Å². The van der Waals surface area contributed by atoms with Crippen molar-refractivity contribution >= 4 is 6.09 Å². The number of methoxy groups -OCH3 is 2. The van der Waals surface area contributed by atoms with Crippen LogP contribution < -0.4 is 9.47 Å². The van der Waals surface area contributed by atoms with Crippen molar-refractivity contribution in [3.8, 4) is 11.5 Å². The van der Waals surface area contributed by atoms with Crippen LogP contribution in [0, 0.1) is 16.7 Å². The van der Waals surface area contributed by atoms with E-state index in [0.29, 0.717) is 26.0 Å². The van der Waals surface area contributed by atoms with Crippen molar-refractivity contribution in [1.82, 2.24) is 4.90 Å². The molecule has 2 aliphatic heterocycles. The summed E-state index contributed by atoms with van der Waals surface area (Å²) in [6, 6.07) is 4.05. The SMILES string of the molecule is CCOC(=O)N1CCC23c4c5ccc(OC)c4O[C@H]2[C@](CC)(OC)[C@@H]([C@@](C)(O)C(C)(C)C)C[C@]3(C)[C@H]1C5. The highest BCUT2D eigenvalue weighted by Gasteiger charge is 2.78. The summed E-state index contributed by atoms with van der Waals surface area (Å²) in [5.74, 6) is 1.31. The molecule has 7 nitrogen and oxygen atoms in total. The first kappa shape index (κ1) is 26.6. The largest absolute Gasteiger partial charge is 0.493 e. The second-order valence-corrected chi connectivity index (χ2v) is 13.0. The zero-order chi connectivity index (χ0) is 27.2. The maximum atomic E-state index is 13.3. The van der Waals surface area contributed by atoms with Gasteiger partial charge >= 0.3 is 6.09 Å². The fourth-order valence-electron chi connectivity index (χ4n) is 8.72. The second kappa shape index (κ2) is 8.25. The van der Waals surface area contributed by atoms with Crippen LogP contribution in [0.5, 0.6) is 11.5 Å². The minimum atomic E-state index is -1.06. The lowest BCUT2D eigenvalue weighted by atomic mass is 9.38. The molecule has 1 unspecified atom stereocenters. The normalized spacial score (nSPS) is 37.4. The molecule has 1 saturated carbocycles. The van der Waals surface area contributed by atoms with Crippen LogP contribution in [-0.2, 0) is 21.3 Å². The van der Waals surface area contributed by atoms with E-state index in [2.05, 4.69) is 40.7 Å². The zero-order valence-corrected chi connectivity index (χ0v) is 24.1. The summed E-state index contributed by atoms with van der Waals surface area (Å²) in [6.07, 6.45) is 2.28. The molecule has 4 aliphatic rings. The van der Waals surface area contributed by atoms with E-state index < -0.39 is 16.6 Å². The molecule has 2 fully saturated rings. The van der Waals surface area contributed by atoms with E-state index in [4.69, 9.17) is 18.9 Å². The Morgan fingerprint density at radius 3 is 2.49 bits per heavy atom. The number of aliphatic hydroxyl groups is 1. The molecule has 37 heavy (non-hydrogen) atoms. The van der Waals surface area contributed by atoms with E-state index in [1.807, 2.05) is 24.8 Å². The Kier molecular flexibility index (Phi) is 5.94. The summed E-state index contributed by atoms with van der Waals surface area (Å²) < 4.78 is 25.0. The summed E-state index contributed by atoms with van der Waals surface area (Å²) in [5, 5.41) is 12.3. The minimum absolute atomic E-state index is 0.0803. The molecule has 0 radical (unpaired) electrons. The smallest absolute Gasteiger partial charge is 0.410 e. The molecule has 2 heterocycles. The zero-order valence-electron chi connectivity index (χ0n) is 24.1. The number of rotatable bonds is 5. The standard InChI is InChI=1S/C30H45NO6/c1-10-30(35-9)20(28(7,33)26(3,4)5)17-27(6)21-16-18-12-13-19(34-8)23-22(18)29(27,24(30)37-23)14-15-31(21)25(32)36-11-2/h12-13,20-21,24,33H,10-11,14-17H2,1-9H3/t20-,21-,24-,27-,28-,29?,30-/m1/s1. The molecule has 1 spiro atoms. The topological polar surface area (TPSA) is 77.5 Å². The van der Waals surface area contributed by atoms with Crippen LogP contribution in [0.3, 0.4) is 0 Å². The number of nitrogens with zero attached hydrogens (tertiary/aromatic N) is 1. The van der Waals surface area contributed by atoms with Crippen molar-refractivity contribution in [2.75, 3.05) is 27.4 Å². The first-order valence-electron chi connectivity index (χ1n) is 13.9. The van der Waals surface area contributed by atoms with Crippen LogP contribution in [0.1, 0.15) is 78.9 Å². The number of carbonyl (C=O) groups excluding carboxylic acids is 1. The Morgan fingerprint density at radius 1 is 1.22 bits per heavy atom. The van der Waals surface area contributed by atoms with Gasteiger partial charge in [-0.15, -0.1) is 0 Å². The Bertz CT molecular complexity index is 1090. The van der Waals surface area contributed by atoms with Gasteiger partial charge in [-0.1, -0.05) is 40.7 Å². The fourth-order valence-corrected chi connectivity index (χ4v) is 8.72. The molecule has 1 N–H and O–H groups in total. The summed E-state index contributed by atoms with van der Waals surface area (Å²) in [4.78, 5) is 15.2. The van der Waals surface area contributed by atoms with Gasteiger partial charge in [-0.2, -0.15) is 0 Å². The molecule has 2 aliphatic carbocycles. The highest BCUT2D eigenvalue weighted by molar-refractivity contribution is 5.71. The van der Waals surface area contributed by atoms with Crippen LogP contribution in [0.15, 0.2) is 12.1 Å². The Hall–Kier alpha value is -1.99. The summed E-state index contributed by atoms with van der Waals surface area (Å²) in [5.41, 5.74) is -0.518. The number of likely N-dealkylation sites (tertiary alicyclic amines) is 1. The average Bonchev–Trinajstić information content (AvgIpc) is 3.19. The fraction of sp³-hybridized carbons (Fsp3) is 0.767. The van der Waals surface area contributed by atoms with Crippen LogP contribution in [0.25, 0.3) is 0 Å². The van der Waals surface area contributed by atoms with E-state index in [0.717, 1.165) is 24.3 Å². The lowest BCUT2D eigenvalue weighted by Crippen LogP contribution is -2.79. The Balaban J connectivity index is 1.81. The number of hydrogen-bond acceptors (Lipinski definition) is 6. The third kappa shape index (κ3) is 3.04. The summed E-state index contributed by atoms with van der Waals surface area (Å²) in [6.45, 7) is 15.5. The van der Waals surface area contributed by atoms with E-state index in [1.165, 1.54) is 11.1 Å². The van der Waals surface area contributed by atoms with Crippen LogP contribution >= 0.6 is 0 Å². The quantitative estimate of drug-likeness (QED) is 0.588.